The predicted octanol–water partition coefficient (Wildman–Crippen LogP) is 2.30. The summed E-state index contributed by atoms with van der Waals surface area (Å²) in [5.41, 5.74) is 1.42. The fourth-order valence-corrected chi connectivity index (χ4v) is 1.52. The van der Waals surface area contributed by atoms with Gasteiger partial charge in [-0.1, -0.05) is 31.2 Å². The van der Waals surface area contributed by atoms with Gasteiger partial charge in [0.25, 0.3) is 0 Å². The molecule has 0 heterocycles. The van der Waals surface area contributed by atoms with Gasteiger partial charge in [-0.2, -0.15) is 0 Å². The van der Waals surface area contributed by atoms with Crippen molar-refractivity contribution in [2.75, 3.05) is 0 Å². The van der Waals surface area contributed by atoms with Gasteiger partial charge >= 0.3 is 0 Å². The third-order valence-electron chi connectivity index (χ3n) is 2.35. The Morgan fingerprint density at radius 3 is 2.27 bits per heavy atom. The molecule has 2 nitrogen and oxygen atoms in total. The van der Waals surface area contributed by atoms with E-state index in [9.17, 15) is 9.90 Å². The molecular weight excluding hydrogens is 188 g/mol. The van der Waals surface area contributed by atoms with E-state index in [1.165, 1.54) is 0 Å². The molecule has 1 unspecified atom stereocenters. The highest BCUT2D eigenvalue weighted by atomic mass is 16.3. The van der Waals surface area contributed by atoms with E-state index < -0.39 is 5.60 Å². The van der Waals surface area contributed by atoms with Gasteiger partial charge in [-0.05, 0) is 25.0 Å². The summed E-state index contributed by atoms with van der Waals surface area (Å²) >= 11 is 0. The molecule has 1 aromatic rings. The van der Waals surface area contributed by atoms with Crippen LogP contribution in [0.15, 0.2) is 24.3 Å². The maximum atomic E-state index is 10.6. The molecule has 15 heavy (non-hydrogen) atoms. The molecule has 2 heteroatoms. The van der Waals surface area contributed by atoms with Crippen LogP contribution in [-0.4, -0.2) is 17.0 Å². The Hall–Kier alpha value is -1.15. The first-order chi connectivity index (χ1) is 6.92. The van der Waals surface area contributed by atoms with Gasteiger partial charge in [0, 0.05) is 12.3 Å². The molecule has 0 aromatic heterocycles. The van der Waals surface area contributed by atoms with E-state index in [4.69, 9.17) is 0 Å². The smallest absolute Gasteiger partial charge is 0.127 e. The van der Waals surface area contributed by atoms with Crippen molar-refractivity contribution >= 4 is 6.29 Å². The zero-order valence-electron chi connectivity index (χ0n) is 9.53. The third kappa shape index (κ3) is 3.84. The second-order valence-corrected chi connectivity index (χ2v) is 4.66. The second kappa shape index (κ2) is 4.58. The van der Waals surface area contributed by atoms with Crippen molar-refractivity contribution in [3.8, 4) is 0 Å². The molecule has 0 aliphatic rings. The van der Waals surface area contributed by atoms with Crippen molar-refractivity contribution in [3.63, 3.8) is 0 Å². The van der Waals surface area contributed by atoms with Gasteiger partial charge in [0.15, 0.2) is 0 Å². The lowest BCUT2D eigenvalue weighted by Crippen LogP contribution is -2.21. The van der Waals surface area contributed by atoms with Crippen LogP contribution in [-0.2, 0) is 11.2 Å². The predicted molar refractivity (Wildman–Crippen MR) is 60.9 cm³/mol. The fourth-order valence-electron chi connectivity index (χ4n) is 1.52. The third-order valence-corrected chi connectivity index (χ3v) is 2.35. The molecule has 0 aliphatic carbocycles. The zero-order chi connectivity index (χ0) is 11.5. The molecule has 1 N–H and O–H groups in total. The number of hydrogen-bond donors (Lipinski definition) is 1. The highest BCUT2D eigenvalue weighted by Gasteiger charge is 2.13. The summed E-state index contributed by atoms with van der Waals surface area (Å²) in [4.78, 5) is 10.6. The second-order valence-electron chi connectivity index (χ2n) is 4.66. The number of rotatable bonds is 4. The first kappa shape index (κ1) is 11.9. The summed E-state index contributed by atoms with van der Waals surface area (Å²) < 4.78 is 0. The Labute approximate surface area is 90.9 Å². The Balaban J connectivity index is 2.77. The van der Waals surface area contributed by atoms with E-state index in [2.05, 4.69) is 0 Å². The molecule has 0 saturated carbocycles. The van der Waals surface area contributed by atoms with Crippen LogP contribution in [0.25, 0.3) is 0 Å². The van der Waals surface area contributed by atoms with Gasteiger partial charge in [-0.15, -0.1) is 0 Å². The van der Waals surface area contributed by atoms with Gasteiger partial charge < -0.3 is 9.90 Å². The maximum Gasteiger partial charge on any atom is 0.127 e. The molecule has 0 fully saturated rings. The Bertz CT molecular complexity index is 319. The van der Waals surface area contributed by atoms with Crippen LogP contribution in [0.3, 0.4) is 0 Å². The number of benzene rings is 1. The van der Waals surface area contributed by atoms with Crippen molar-refractivity contribution in [1.82, 2.24) is 0 Å². The molecule has 1 rings (SSSR count). The molecule has 1 atom stereocenters. The molecule has 0 saturated heterocycles. The van der Waals surface area contributed by atoms with E-state index in [-0.39, 0.29) is 5.92 Å². The van der Waals surface area contributed by atoms with Crippen molar-refractivity contribution in [2.24, 2.45) is 0 Å². The molecular formula is C13H18O2. The van der Waals surface area contributed by atoms with E-state index >= 15 is 0 Å². The average Bonchev–Trinajstić information content (AvgIpc) is 2.15. The average molecular weight is 206 g/mol. The van der Waals surface area contributed by atoms with Gasteiger partial charge in [-0.25, -0.2) is 0 Å². The van der Waals surface area contributed by atoms with E-state index in [1.54, 1.807) is 13.8 Å². The van der Waals surface area contributed by atoms with Crippen LogP contribution in [0.4, 0.5) is 0 Å². The summed E-state index contributed by atoms with van der Waals surface area (Å²) in [7, 11) is 0. The largest absolute Gasteiger partial charge is 0.390 e. The SMILES string of the molecule is CC(C=O)c1ccc(CC(C)(C)O)cc1. The number of aldehydes is 1. The van der Waals surface area contributed by atoms with Gasteiger partial charge in [-0.3, -0.25) is 0 Å². The van der Waals surface area contributed by atoms with Gasteiger partial charge in [0.1, 0.15) is 6.29 Å². The number of carbonyl (C=O) groups excluding carboxylic acids is 1. The fraction of sp³-hybridized carbons (Fsp3) is 0.462. The lowest BCUT2D eigenvalue weighted by Gasteiger charge is -2.17. The van der Waals surface area contributed by atoms with Crippen LogP contribution in [0.1, 0.15) is 37.8 Å². The quantitative estimate of drug-likeness (QED) is 0.767. The standard InChI is InChI=1S/C13H18O2/c1-10(9-14)12-6-4-11(5-7-12)8-13(2,3)15/h4-7,9-10,15H,8H2,1-3H3. The molecule has 0 amide bonds. The van der Waals surface area contributed by atoms with Crippen molar-refractivity contribution in [3.05, 3.63) is 35.4 Å². The highest BCUT2D eigenvalue weighted by molar-refractivity contribution is 5.61. The summed E-state index contributed by atoms with van der Waals surface area (Å²) in [6.45, 7) is 5.45. The van der Waals surface area contributed by atoms with Gasteiger partial charge in [0.2, 0.25) is 0 Å². The minimum absolute atomic E-state index is 0.0545. The zero-order valence-corrected chi connectivity index (χ0v) is 9.53. The monoisotopic (exact) mass is 206 g/mol. The molecule has 82 valence electrons. The lowest BCUT2D eigenvalue weighted by molar-refractivity contribution is -0.108. The first-order valence-electron chi connectivity index (χ1n) is 5.19. The van der Waals surface area contributed by atoms with Crippen LogP contribution < -0.4 is 0 Å². The minimum atomic E-state index is -0.683. The Kier molecular flexibility index (Phi) is 3.64. The van der Waals surface area contributed by atoms with Crippen molar-refractivity contribution in [1.29, 1.82) is 0 Å². The molecule has 1 aromatic carbocycles. The van der Waals surface area contributed by atoms with Crippen LogP contribution in [0.5, 0.6) is 0 Å². The Morgan fingerprint density at radius 1 is 1.33 bits per heavy atom. The summed E-state index contributed by atoms with van der Waals surface area (Å²) in [6.07, 6.45) is 1.56. The molecule has 0 bridgehead atoms. The van der Waals surface area contributed by atoms with E-state index in [1.807, 2.05) is 31.2 Å². The first-order valence-corrected chi connectivity index (χ1v) is 5.19. The van der Waals surface area contributed by atoms with Gasteiger partial charge in [0.05, 0.1) is 5.60 Å². The van der Waals surface area contributed by atoms with Crippen LogP contribution in [0, 0.1) is 0 Å². The molecule has 0 radical (unpaired) electrons. The van der Waals surface area contributed by atoms with Crippen LogP contribution in [0.2, 0.25) is 0 Å². The minimum Gasteiger partial charge on any atom is -0.390 e. The van der Waals surface area contributed by atoms with Crippen molar-refractivity contribution in [2.45, 2.75) is 38.7 Å². The maximum absolute atomic E-state index is 10.6. The number of hydrogen-bond acceptors (Lipinski definition) is 2. The molecule has 0 spiro atoms. The number of aliphatic hydroxyl groups is 1. The van der Waals surface area contributed by atoms with Crippen molar-refractivity contribution < 1.29 is 9.90 Å². The lowest BCUT2D eigenvalue weighted by atomic mass is 9.95. The normalized spacial score (nSPS) is 13.6. The van der Waals surface area contributed by atoms with Crippen LogP contribution >= 0.6 is 0 Å². The molecule has 0 aliphatic heterocycles. The Morgan fingerprint density at radius 2 is 1.87 bits per heavy atom. The summed E-state index contributed by atoms with van der Waals surface area (Å²) in [5.74, 6) is -0.0545. The van der Waals surface area contributed by atoms with E-state index in [0.717, 1.165) is 17.4 Å². The van der Waals surface area contributed by atoms with E-state index in [0.29, 0.717) is 6.42 Å². The topological polar surface area (TPSA) is 37.3 Å². The number of carbonyl (C=O) groups is 1. The summed E-state index contributed by atoms with van der Waals surface area (Å²) in [5, 5.41) is 9.64. The highest BCUT2D eigenvalue weighted by Crippen LogP contribution is 2.17. The summed E-state index contributed by atoms with van der Waals surface area (Å²) in [6, 6.07) is 7.82.